The number of hydrogen-bond donors (Lipinski definition) is 0. The van der Waals surface area contributed by atoms with Gasteiger partial charge in [0.15, 0.2) is 0 Å². The normalized spacial score (nSPS) is 24.6. The molecule has 2 aliphatic rings. The lowest BCUT2D eigenvalue weighted by molar-refractivity contribution is 0.0634. The fourth-order valence-electron chi connectivity index (χ4n) is 4.21. The molecule has 2 atom stereocenters. The number of hydrogen-bond acceptors (Lipinski definition) is 4. The monoisotopic (exact) mass is 341 g/mol. The third kappa shape index (κ3) is 3.10. The van der Waals surface area contributed by atoms with Gasteiger partial charge in [0.2, 0.25) is 0 Å². The van der Waals surface area contributed by atoms with Crippen molar-refractivity contribution < 1.29 is 4.79 Å². The maximum Gasteiger partial charge on any atom is 0.273 e. The molecule has 2 fully saturated rings. The van der Waals surface area contributed by atoms with Crippen molar-refractivity contribution in [1.82, 2.24) is 14.8 Å². The number of aromatic nitrogens is 1. The summed E-state index contributed by atoms with van der Waals surface area (Å²) in [7, 11) is 0. The second-order valence-corrected chi connectivity index (χ2v) is 7.47. The predicted molar refractivity (Wildman–Crippen MR) is 96.0 cm³/mol. The van der Waals surface area contributed by atoms with Crippen molar-refractivity contribution in [3.63, 3.8) is 0 Å². The van der Waals surface area contributed by atoms with Gasteiger partial charge >= 0.3 is 0 Å². The van der Waals surface area contributed by atoms with Crippen LogP contribution in [0.2, 0.25) is 0 Å². The number of amides is 1. The quantitative estimate of drug-likeness (QED) is 0.855. The number of likely N-dealkylation sites (tertiary alicyclic amines) is 2. The van der Waals surface area contributed by atoms with E-state index in [1.165, 1.54) is 29.7 Å². The second kappa shape index (κ2) is 7.03. The third-order valence-corrected chi connectivity index (χ3v) is 5.88. The molecule has 0 spiro atoms. The molecule has 126 valence electrons. The number of nitrogens with zero attached hydrogens (tertiary/aromatic N) is 3. The van der Waals surface area contributed by atoms with Gasteiger partial charge in [-0.25, -0.2) is 4.98 Å². The lowest BCUT2D eigenvalue weighted by atomic mass is 10.0. The number of rotatable bonds is 4. The van der Waals surface area contributed by atoms with Crippen molar-refractivity contribution in [2.75, 3.05) is 13.1 Å². The van der Waals surface area contributed by atoms with Gasteiger partial charge in [-0.2, -0.15) is 0 Å². The van der Waals surface area contributed by atoms with Gasteiger partial charge in [-0.3, -0.25) is 9.69 Å². The Hall–Kier alpha value is -1.72. The zero-order chi connectivity index (χ0) is 16.4. The smallest absolute Gasteiger partial charge is 0.273 e. The predicted octanol–water partition coefficient (Wildman–Crippen LogP) is 3.41. The van der Waals surface area contributed by atoms with Gasteiger partial charge in [0, 0.05) is 30.6 Å². The summed E-state index contributed by atoms with van der Waals surface area (Å²) in [5.41, 5.74) is 3.72. The van der Waals surface area contributed by atoms with Crippen molar-refractivity contribution in [1.29, 1.82) is 0 Å². The van der Waals surface area contributed by atoms with E-state index in [0.29, 0.717) is 17.8 Å². The Bertz CT molecular complexity index is 673. The fraction of sp³-hybridized carbons (Fsp3) is 0.474. The largest absolute Gasteiger partial charge is 0.333 e. The summed E-state index contributed by atoms with van der Waals surface area (Å²) < 4.78 is 0. The zero-order valence-electron chi connectivity index (χ0n) is 13.8. The van der Waals surface area contributed by atoms with Crippen LogP contribution in [0.3, 0.4) is 0 Å². The molecule has 2 saturated heterocycles. The molecule has 2 unspecified atom stereocenters. The van der Waals surface area contributed by atoms with Crippen LogP contribution in [0.4, 0.5) is 0 Å². The van der Waals surface area contributed by atoms with E-state index in [9.17, 15) is 4.79 Å². The summed E-state index contributed by atoms with van der Waals surface area (Å²) >= 11 is 1.49. The molecule has 0 N–H and O–H groups in total. The van der Waals surface area contributed by atoms with E-state index in [-0.39, 0.29) is 5.91 Å². The van der Waals surface area contributed by atoms with Gasteiger partial charge in [0.25, 0.3) is 5.91 Å². The van der Waals surface area contributed by atoms with E-state index in [0.717, 1.165) is 32.5 Å². The van der Waals surface area contributed by atoms with Gasteiger partial charge < -0.3 is 4.90 Å². The maximum absolute atomic E-state index is 12.8. The first-order valence-corrected chi connectivity index (χ1v) is 9.74. The number of carbonyl (C=O) groups excluding carboxylic acids is 1. The van der Waals surface area contributed by atoms with Gasteiger partial charge in [-0.15, -0.1) is 11.3 Å². The molecule has 0 bridgehead atoms. The van der Waals surface area contributed by atoms with Crippen LogP contribution < -0.4 is 0 Å². The minimum atomic E-state index is 0.116. The Morgan fingerprint density at radius 2 is 1.92 bits per heavy atom. The molecule has 24 heavy (non-hydrogen) atoms. The summed E-state index contributed by atoms with van der Waals surface area (Å²) in [6.45, 7) is 2.99. The van der Waals surface area contributed by atoms with Crippen molar-refractivity contribution in [2.45, 2.75) is 44.3 Å². The minimum absolute atomic E-state index is 0.116. The Balaban J connectivity index is 1.49. The van der Waals surface area contributed by atoms with Crippen LogP contribution in [0, 0.1) is 0 Å². The van der Waals surface area contributed by atoms with Crippen LogP contribution in [0.1, 0.15) is 41.7 Å². The average Bonchev–Trinajstić information content (AvgIpc) is 3.36. The molecular weight excluding hydrogens is 318 g/mol. The number of benzene rings is 1. The Kier molecular flexibility index (Phi) is 4.63. The molecule has 2 aromatic rings. The Morgan fingerprint density at radius 3 is 2.71 bits per heavy atom. The van der Waals surface area contributed by atoms with E-state index in [2.05, 4.69) is 45.1 Å². The van der Waals surface area contributed by atoms with Crippen molar-refractivity contribution >= 4 is 17.2 Å². The SMILES string of the molecule is O=C(c1cscn1)N1CCCC1C1CCCN1Cc1ccccc1. The summed E-state index contributed by atoms with van der Waals surface area (Å²) in [5, 5.41) is 1.87. The molecule has 4 rings (SSSR count). The van der Waals surface area contributed by atoms with Crippen LogP contribution in [0.5, 0.6) is 0 Å². The minimum Gasteiger partial charge on any atom is -0.333 e. The topological polar surface area (TPSA) is 36.4 Å². The Morgan fingerprint density at radius 1 is 1.12 bits per heavy atom. The van der Waals surface area contributed by atoms with Crippen LogP contribution in [0.15, 0.2) is 41.2 Å². The molecule has 1 aromatic carbocycles. The highest BCUT2D eigenvalue weighted by Gasteiger charge is 2.40. The molecule has 1 amide bonds. The standard InChI is InChI=1S/C19H23N3OS/c23-19(16-13-24-14-20-16)22-11-5-9-18(22)17-8-4-10-21(17)12-15-6-2-1-3-7-15/h1-3,6-7,13-14,17-18H,4-5,8-12H2. The van der Waals surface area contributed by atoms with Crippen LogP contribution in [-0.4, -0.2) is 45.9 Å². The first-order chi connectivity index (χ1) is 11.8. The van der Waals surface area contributed by atoms with Gasteiger partial charge in [0.1, 0.15) is 5.69 Å². The van der Waals surface area contributed by atoms with Crippen molar-refractivity contribution in [3.05, 3.63) is 52.5 Å². The molecule has 0 aliphatic carbocycles. The van der Waals surface area contributed by atoms with Crippen LogP contribution in [-0.2, 0) is 6.54 Å². The number of carbonyl (C=O) groups is 1. The maximum atomic E-state index is 12.8. The Labute approximate surface area is 147 Å². The molecule has 1 aromatic heterocycles. The van der Waals surface area contributed by atoms with Gasteiger partial charge in [-0.05, 0) is 37.8 Å². The molecular formula is C19H23N3OS. The van der Waals surface area contributed by atoms with E-state index in [1.807, 2.05) is 5.38 Å². The molecule has 3 heterocycles. The van der Waals surface area contributed by atoms with Crippen LogP contribution >= 0.6 is 11.3 Å². The first kappa shape index (κ1) is 15.8. The molecule has 2 aliphatic heterocycles. The van der Waals surface area contributed by atoms with E-state index in [4.69, 9.17) is 0 Å². The zero-order valence-corrected chi connectivity index (χ0v) is 14.6. The lowest BCUT2D eigenvalue weighted by Crippen LogP contribution is -2.48. The highest BCUT2D eigenvalue weighted by molar-refractivity contribution is 7.07. The summed E-state index contributed by atoms with van der Waals surface area (Å²) in [4.78, 5) is 21.7. The third-order valence-electron chi connectivity index (χ3n) is 5.30. The summed E-state index contributed by atoms with van der Waals surface area (Å²) in [6, 6.07) is 11.5. The van der Waals surface area contributed by atoms with E-state index >= 15 is 0 Å². The van der Waals surface area contributed by atoms with Crippen LogP contribution in [0.25, 0.3) is 0 Å². The van der Waals surface area contributed by atoms with Crippen molar-refractivity contribution in [3.8, 4) is 0 Å². The fourth-order valence-corrected chi connectivity index (χ4v) is 4.74. The average molecular weight is 341 g/mol. The molecule has 0 radical (unpaired) electrons. The highest BCUT2D eigenvalue weighted by Crippen LogP contribution is 2.32. The van der Waals surface area contributed by atoms with E-state index < -0.39 is 0 Å². The summed E-state index contributed by atoms with van der Waals surface area (Å²) in [6.07, 6.45) is 4.65. The van der Waals surface area contributed by atoms with E-state index in [1.54, 1.807) is 5.51 Å². The second-order valence-electron chi connectivity index (χ2n) is 6.75. The van der Waals surface area contributed by atoms with Gasteiger partial charge in [-0.1, -0.05) is 30.3 Å². The first-order valence-electron chi connectivity index (χ1n) is 8.80. The highest BCUT2D eigenvalue weighted by atomic mass is 32.1. The molecule has 0 saturated carbocycles. The summed E-state index contributed by atoms with van der Waals surface area (Å²) in [5.74, 6) is 0.116. The lowest BCUT2D eigenvalue weighted by Gasteiger charge is -2.35. The van der Waals surface area contributed by atoms with Gasteiger partial charge in [0.05, 0.1) is 5.51 Å². The van der Waals surface area contributed by atoms with Crippen molar-refractivity contribution in [2.24, 2.45) is 0 Å². The molecule has 4 nitrogen and oxygen atoms in total. The molecule has 5 heteroatoms. The number of thiazole rings is 1.